The monoisotopic (exact) mass is 600 g/mol. The first-order chi connectivity index (χ1) is 21.2. The predicted octanol–water partition coefficient (Wildman–Crippen LogP) is 4.34. The van der Waals surface area contributed by atoms with E-state index in [2.05, 4.69) is 28.5 Å². The summed E-state index contributed by atoms with van der Waals surface area (Å²) in [5, 5.41) is 6.08. The fourth-order valence-electron chi connectivity index (χ4n) is 4.93. The van der Waals surface area contributed by atoms with E-state index in [0.717, 1.165) is 68.5 Å². The summed E-state index contributed by atoms with van der Waals surface area (Å²) in [5.74, 6) is 0.521. The number of anilines is 1. The minimum absolute atomic E-state index is 0.0134. The first-order valence-electron chi connectivity index (χ1n) is 14.6. The Hall–Kier alpha value is -5.11. The van der Waals surface area contributed by atoms with Gasteiger partial charge in [-0.15, -0.1) is 12.8 Å². The highest BCUT2D eigenvalue weighted by Crippen LogP contribution is 2.24. The third-order valence-corrected chi connectivity index (χ3v) is 7.04. The van der Waals surface area contributed by atoms with Crippen LogP contribution in [0.5, 0.6) is 0 Å². The van der Waals surface area contributed by atoms with Crippen molar-refractivity contribution >= 4 is 51.9 Å². The van der Waals surface area contributed by atoms with E-state index in [1.807, 2.05) is 24.0 Å². The fourth-order valence-corrected chi connectivity index (χ4v) is 4.93. The average molecular weight is 601 g/mol. The summed E-state index contributed by atoms with van der Waals surface area (Å²) in [5.41, 5.74) is 8.21. The van der Waals surface area contributed by atoms with Crippen LogP contribution in [0, 0.1) is 19.8 Å². The Morgan fingerprint density at radius 1 is 0.955 bits per heavy atom. The highest BCUT2D eigenvalue weighted by Gasteiger charge is 2.23. The summed E-state index contributed by atoms with van der Waals surface area (Å²) < 4.78 is 5.51. The van der Waals surface area contributed by atoms with Crippen molar-refractivity contribution < 1.29 is 23.6 Å². The van der Waals surface area contributed by atoms with Crippen molar-refractivity contribution in [1.82, 2.24) is 15.1 Å². The molecule has 0 bridgehead atoms. The maximum absolute atomic E-state index is 12.2. The lowest BCUT2D eigenvalue weighted by atomic mass is 10.2. The van der Waals surface area contributed by atoms with Crippen LogP contribution < -0.4 is 16.4 Å². The second-order valence-corrected chi connectivity index (χ2v) is 10.5. The highest BCUT2D eigenvalue weighted by atomic mass is 16.3. The van der Waals surface area contributed by atoms with Crippen LogP contribution in [0.3, 0.4) is 0 Å². The van der Waals surface area contributed by atoms with Gasteiger partial charge in [0.15, 0.2) is 0 Å². The molecule has 0 aliphatic carbocycles. The maximum Gasteiger partial charge on any atom is 0.257 e. The number of nitrogens with zero attached hydrogens (tertiary/aromatic N) is 3. The quantitative estimate of drug-likeness (QED) is 0.225. The van der Waals surface area contributed by atoms with Crippen molar-refractivity contribution in [3.8, 4) is 12.8 Å². The Kier molecular flexibility index (Phi) is 12.5. The zero-order chi connectivity index (χ0) is 32.1. The van der Waals surface area contributed by atoms with Crippen molar-refractivity contribution in [2.75, 3.05) is 31.5 Å². The normalized spacial score (nSPS) is 14.9. The third-order valence-electron chi connectivity index (χ3n) is 7.04. The zero-order valence-electron chi connectivity index (χ0n) is 25.3. The smallest absolute Gasteiger partial charge is 0.257 e. The number of carbonyl (C=O) groups excluding carboxylic acids is 4. The van der Waals surface area contributed by atoms with E-state index in [4.69, 9.17) is 10.2 Å². The molecule has 44 heavy (non-hydrogen) atoms. The van der Waals surface area contributed by atoms with Gasteiger partial charge in [-0.2, -0.15) is 0 Å². The number of hydrogen-bond donors (Lipinski definition) is 3. The van der Waals surface area contributed by atoms with Gasteiger partial charge in [-0.3, -0.25) is 24.5 Å². The van der Waals surface area contributed by atoms with E-state index >= 15 is 0 Å². The van der Waals surface area contributed by atoms with Gasteiger partial charge in [-0.25, -0.2) is 4.99 Å². The van der Waals surface area contributed by atoms with Gasteiger partial charge in [-0.05, 0) is 81.1 Å². The molecule has 3 aromatic rings. The van der Waals surface area contributed by atoms with E-state index in [-0.39, 0.29) is 29.6 Å². The van der Waals surface area contributed by atoms with Crippen molar-refractivity contribution in [2.24, 2.45) is 10.7 Å². The molecule has 2 fully saturated rings. The number of amides is 4. The molecule has 0 atom stereocenters. The number of terminal acetylenes is 1. The molecule has 2 aliphatic heterocycles. The van der Waals surface area contributed by atoms with Gasteiger partial charge in [0.2, 0.25) is 23.7 Å². The Bertz CT molecular complexity index is 1500. The van der Waals surface area contributed by atoms with Crippen LogP contribution in [-0.2, 0) is 14.4 Å². The molecule has 4 N–H and O–H groups in total. The summed E-state index contributed by atoms with van der Waals surface area (Å²) in [6.07, 6.45) is 14.0. The van der Waals surface area contributed by atoms with Gasteiger partial charge in [0.1, 0.15) is 11.3 Å². The van der Waals surface area contributed by atoms with Gasteiger partial charge >= 0.3 is 0 Å². The minimum Gasteiger partial charge on any atom is -0.461 e. The first kappa shape index (κ1) is 33.4. The van der Waals surface area contributed by atoms with Crippen LogP contribution in [0.2, 0.25) is 0 Å². The number of carbonyl (C=O) groups is 4. The third kappa shape index (κ3) is 10.0. The van der Waals surface area contributed by atoms with E-state index in [0.29, 0.717) is 29.9 Å². The topological polar surface area (TPSA) is 150 Å². The molecule has 11 heteroatoms. The second-order valence-electron chi connectivity index (χ2n) is 10.5. The lowest BCUT2D eigenvalue weighted by Gasteiger charge is -2.23. The molecule has 3 heterocycles. The molecule has 2 aliphatic rings. The van der Waals surface area contributed by atoms with E-state index < -0.39 is 0 Å². The fraction of sp³-hybridized carbons (Fsp3) is 0.364. The van der Waals surface area contributed by atoms with E-state index in [1.165, 1.54) is 6.92 Å². The van der Waals surface area contributed by atoms with Gasteiger partial charge in [0.05, 0.1) is 12.2 Å². The Morgan fingerprint density at radius 3 is 2.32 bits per heavy atom. The average Bonchev–Trinajstić information content (AvgIpc) is 3.62. The maximum atomic E-state index is 12.2. The van der Waals surface area contributed by atoms with Crippen molar-refractivity contribution in [3.05, 3.63) is 59.9 Å². The summed E-state index contributed by atoms with van der Waals surface area (Å²) in [6.45, 7) is 6.10. The largest absolute Gasteiger partial charge is 0.461 e. The molecule has 5 rings (SSSR count). The number of guanidine groups is 1. The Balaban J connectivity index is 0.000000251. The number of nitrogens with one attached hydrogen (secondary N) is 2. The number of aryl methyl sites for hydroxylation is 1. The summed E-state index contributed by atoms with van der Waals surface area (Å²) in [7, 11) is 0. The van der Waals surface area contributed by atoms with Gasteiger partial charge in [-0.1, -0.05) is 6.42 Å². The molecule has 2 saturated heterocycles. The SMILES string of the molecule is C#C.CC(=O)Nc1ccc(C(=O)NC(N)=Nc2ccc3oc(C)cc3c2)cc1.O=C(CN1CCCCCC1=O)N1CCCC1. The Labute approximate surface area is 257 Å². The van der Waals surface area contributed by atoms with Crippen molar-refractivity contribution in [1.29, 1.82) is 0 Å². The van der Waals surface area contributed by atoms with E-state index in [9.17, 15) is 19.2 Å². The molecule has 1 aromatic heterocycles. The Morgan fingerprint density at radius 2 is 1.64 bits per heavy atom. The first-order valence-corrected chi connectivity index (χ1v) is 14.6. The number of fused-ring (bicyclic) bond motifs is 1. The number of likely N-dealkylation sites (tertiary alicyclic amines) is 2. The second kappa shape index (κ2) is 16.5. The number of hydrogen-bond acceptors (Lipinski definition) is 6. The predicted molar refractivity (Wildman–Crippen MR) is 171 cm³/mol. The van der Waals surface area contributed by atoms with Gasteiger partial charge in [0, 0.05) is 49.6 Å². The van der Waals surface area contributed by atoms with E-state index in [1.54, 1.807) is 41.3 Å². The molecule has 2 aromatic carbocycles. The minimum atomic E-state index is -0.388. The summed E-state index contributed by atoms with van der Waals surface area (Å²) in [4.78, 5) is 54.7. The molecule has 232 valence electrons. The van der Waals surface area contributed by atoms with Crippen molar-refractivity contribution in [3.63, 3.8) is 0 Å². The standard InChI is InChI=1S/C19H18N4O3.C12H20N2O2.C2H2/c1-11-9-14-10-16(7-8-17(14)26-11)22-19(20)23-18(25)13-3-5-15(6-4-13)21-12(2)24;15-11-6-2-1-3-9-14(11)10-12(16)13-7-4-5-8-13;1-2/h3-10H,1-2H3,(H,21,24)(H3,20,22,23,25);1-10H2;1-2H. The van der Waals surface area contributed by atoms with Crippen LogP contribution in [0.1, 0.15) is 61.6 Å². The van der Waals surface area contributed by atoms with Crippen LogP contribution in [0.4, 0.5) is 11.4 Å². The summed E-state index contributed by atoms with van der Waals surface area (Å²) in [6, 6.07) is 13.7. The number of nitrogens with two attached hydrogens (primary N) is 1. The number of rotatable bonds is 5. The highest BCUT2D eigenvalue weighted by molar-refractivity contribution is 6.06. The molecule has 0 unspecified atom stereocenters. The summed E-state index contributed by atoms with van der Waals surface area (Å²) >= 11 is 0. The molecular formula is C33H40N6O5. The molecule has 11 nitrogen and oxygen atoms in total. The number of benzene rings is 2. The van der Waals surface area contributed by atoms with Crippen molar-refractivity contribution in [2.45, 2.75) is 52.4 Å². The van der Waals surface area contributed by atoms with Crippen LogP contribution in [-0.4, -0.2) is 65.6 Å². The van der Waals surface area contributed by atoms with Gasteiger partial charge in [0.25, 0.3) is 5.91 Å². The zero-order valence-corrected chi connectivity index (χ0v) is 25.3. The molecule has 4 amide bonds. The number of aliphatic imine (C=N–C) groups is 1. The molecular weight excluding hydrogens is 560 g/mol. The van der Waals surface area contributed by atoms with Gasteiger partial charge < -0.3 is 25.3 Å². The molecule has 0 spiro atoms. The van der Waals surface area contributed by atoms with Crippen LogP contribution in [0.15, 0.2) is 57.9 Å². The lowest BCUT2D eigenvalue weighted by Crippen LogP contribution is -2.41. The lowest BCUT2D eigenvalue weighted by molar-refractivity contribution is -0.139. The molecule has 0 saturated carbocycles. The molecule has 0 radical (unpaired) electrons. The van der Waals surface area contributed by atoms with Crippen LogP contribution >= 0.6 is 0 Å². The van der Waals surface area contributed by atoms with Crippen LogP contribution in [0.25, 0.3) is 11.0 Å². The number of furan rings is 1.